The topological polar surface area (TPSA) is 52.5 Å². The van der Waals surface area contributed by atoms with Crippen molar-refractivity contribution >= 4 is 11.8 Å². The molecular formula is C13H19NO2S. The number of aromatic hydroxyl groups is 2. The van der Waals surface area contributed by atoms with E-state index in [4.69, 9.17) is 0 Å². The summed E-state index contributed by atoms with van der Waals surface area (Å²) in [6, 6.07) is 4.76. The van der Waals surface area contributed by atoms with E-state index in [0.29, 0.717) is 0 Å². The molecule has 0 aliphatic heterocycles. The summed E-state index contributed by atoms with van der Waals surface area (Å²) < 4.78 is 0. The number of phenolic OH excluding ortho intramolecular Hbond substituents is 2. The van der Waals surface area contributed by atoms with Gasteiger partial charge in [0.25, 0.3) is 0 Å². The zero-order chi connectivity index (χ0) is 12.7. The second kappa shape index (κ2) is 7.25. The fourth-order valence-electron chi connectivity index (χ4n) is 1.50. The summed E-state index contributed by atoms with van der Waals surface area (Å²) in [5.41, 5.74) is 0.885. The van der Waals surface area contributed by atoms with Crippen LogP contribution < -0.4 is 5.32 Å². The van der Waals surface area contributed by atoms with Gasteiger partial charge in [-0.1, -0.05) is 6.08 Å². The van der Waals surface area contributed by atoms with Gasteiger partial charge in [-0.3, -0.25) is 0 Å². The molecule has 0 radical (unpaired) electrons. The SMILES string of the molecule is C=CCSCCNC(C)c1cc(O)cc(O)c1. The summed E-state index contributed by atoms with van der Waals surface area (Å²) in [6.45, 7) is 6.55. The summed E-state index contributed by atoms with van der Waals surface area (Å²) in [6.07, 6.45) is 1.89. The molecule has 3 nitrogen and oxygen atoms in total. The normalized spacial score (nSPS) is 12.3. The lowest BCUT2D eigenvalue weighted by Crippen LogP contribution is -2.21. The first kappa shape index (κ1) is 13.9. The van der Waals surface area contributed by atoms with E-state index in [-0.39, 0.29) is 17.5 Å². The van der Waals surface area contributed by atoms with Crippen molar-refractivity contribution in [1.82, 2.24) is 5.32 Å². The number of nitrogens with one attached hydrogen (secondary N) is 1. The molecule has 17 heavy (non-hydrogen) atoms. The van der Waals surface area contributed by atoms with Crippen LogP contribution in [0.5, 0.6) is 11.5 Å². The number of thioether (sulfide) groups is 1. The van der Waals surface area contributed by atoms with Gasteiger partial charge in [-0.05, 0) is 24.6 Å². The Labute approximate surface area is 107 Å². The van der Waals surface area contributed by atoms with Gasteiger partial charge in [0.2, 0.25) is 0 Å². The molecule has 0 bridgehead atoms. The van der Waals surface area contributed by atoms with E-state index in [2.05, 4.69) is 11.9 Å². The Bertz CT molecular complexity index is 348. The predicted octanol–water partition coefficient (Wildman–Crippen LogP) is 2.67. The lowest BCUT2D eigenvalue weighted by molar-refractivity contribution is 0.446. The monoisotopic (exact) mass is 253 g/mol. The molecule has 0 fully saturated rings. The highest BCUT2D eigenvalue weighted by Crippen LogP contribution is 2.24. The van der Waals surface area contributed by atoms with Crippen molar-refractivity contribution in [3.63, 3.8) is 0 Å². The quantitative estimate of drug-likeness (QED) is 0.516. The van der Waals surface area contributed by atoms with E-state index in [1.54, 1.807) is 12.1 Å². The molecular weight excluding hydrogens is 234 g/mol. The van der Waals surface area contributed by atoms with E-state index in [1.165, 1.54) is 6.07 Å². The lowest BCUT2D eigenvalue weighted by atomic mass is 10.1. The summed E-state index contributed by atoms with van der Waals surface area (Å²) in [5, 5.41) is 22.1. The van der Waals surface area contributed by atoms with E-state index < -0.39 is 0 Å². The van der Waals surface area contributed by atoms with Crippen molar-refractivity contribution < 1.29 is 10.2 Å². The van der Waals surface area contributed by atoms with Crippen molar-refractivity contribution in [3.8, 4) is 11.5 Å². The molecule has 0 heterocycles. The first-order chi connectivity index (χ1) is 8.13. The second-order valence-corrected chi connectivity index (χ2v) is 4.97. The third-order valence-electron chi connectivity index (χ3n) is 2.36. The molecule has 0 saturated heterocycles. The minimum absolute atomic E-state index is 0.0923. The number of hydrogen-bond acceptors (Lipinski definition) is 4. The van der Waals surface area contributed by atoms with Crippen molar-refractivity contribution in [1.29, 1.82) is 0 Å². The van der Waals surface area contributed by atoms with Crippen molar-refractivity contribution in [2.75, 3.05) is 18.1 Å². The van der Waals surface area contributed by atoms with Gasteiger partial charge >= 0.3 is 0 Å². The third-order valence-corrected chi connectivity index (χ3v) is 3.32. The Morgan fingerprint density at radius 2 is 2.00 bits per heavy atom. The van der Waals surface area contributed by atoms with Gasteiger partial charge in [0.1, 0.15) is 11.5 Å². The fourth-order valence-corrected chi connectivity index (χ4v) is 2.10. The van der Waals surface area contributed by atoms with Crippen LogP contribution >= 0.6 is 11.8 Å². The maximum atomic E-state index is 9.38. The summed E-state index contributed by atoms with van der Waals surface area (Å²) in [7, 11) is 0. The van der Waals surface area contributed by atoms with Gasteiger partial charge in [0.05, 0.1) is 0 Å². The maximum absolute atomic E-state index is 9.38. The van der Waals surface area contributed by atoms with Crippen LogP contribution in [0.4, 0.5) is 0 Å². The zero-order valence-electron chi connectivity index (χ0n) is 10.0. The Kier molecular flexibility index (Phi) is 5.94. The molecule has 0 aliphatic rings. The van der Waals surface area contributed by atoms with Crippen LogP contribution in [-0.2, 0) is 0 Å². The van der Waals surface area contributed by atoms with Gasteiger partial charge < -0.3 is 15.5 Å². The summed E-state index contributed by atoms with van der Waals surface area (Å²) in [5.74, 6) is 2.16. The molecule has 0 aromatic heterocycles. The van der Waals surface area contributed by atoms with Crippen LogP contribution in [0, 0.1) is 0 Å². The molecule has 0 saturated carbocycles. The van der Waals surface area contributed by atoms with Crippen LogP contribution in [0.2, 0.25) is 0 Å². The lowest BCUT2D eigenvalue weighted by Gasteiger charge is -2.14. The average Bonchev–Trinajstić information content (AvgIpc) is 2.27. The van der Waals surface area contributed by atoms with E-state index in [0.717, 1.165) is 23.6 Å². The highest BCUT2D eigenvalue weighted by atomic mass is 32.2. The molecule has 0 spiro atoms. The smallest absolute Gasteiger partial charge is 0.119 e. The zero-order valence-corrected chi connectivity index (χ0v) is 10.8. The molecule has 0 amide bonds. The molecule has 1 aromatic rings. The van der Waals surface area contributed by atoms with Crippen LogP contribution in [0.25, 0.3) is 0 Å². The van der Waals surface area contributed by atoms with E-state index >= 15 is 0 Å². The Hall–Kier alpha value is -1.13. The van der Waals surface area contributed by atoms with Crippen LogP contribution in [-0.4, -0.2) is 28.3 Å². The van der Waals surface area contributed by atoms with Gasteiger partial charge in [-0.2, -0.15) is 11.8 Å². The fraction of sp³-hybridized carbons (Fsp3) is 0.385. The van der Waals surface area contributed by atoms with Crippen LogP contribution in [0.15, 0.2) is 30.9 Å². The standard InChI is InChI=1S/C13H19NO2S/c1-3-5-17-6-4-14-10(2)11-7-12(15)9-13(16)8-11/h3,7-10,14-16H,1,4-6H2,2H3. The number of phenols is 2. The molecule has 94 valence electrons. The minimum atomic E-state index is 0.0923. The Morgan fingerprint density at radius 1 is 1.35 bits per heavy atom. The molecule has 1 atom stereocenters. The van der Waals surface area contributed by atoms with E-state index in [9.17, 15) is 10.2 Å². The predicted molar refractivity (Wildman–Crippen MR) is 73.7 cm³/mol. The average molecular weight is 253 g/mol. The molecule has 1 unspecified atom stereocenters. The van der Waals surface area contributed by atoms with Crippen molar-refractivity contribution in [3.05, 3.63) is 36.4 Å². The van der Waals surface area contributed by atoms with Gasteiger partial charge in [-0.25, -0.2) is 0 Å². The van der Waals surface area contributed by atoms with Crippen LogP contribution in [0.1, 0.15) is 18.5 Å². The highest BCUT2D eigenvalue weighted by Gasteiger charge is 2.06. The first-order valence-electron chi connectivity index (χ1n) is 5.58. The molecule has 1 rings (SSSR count). The van der Waals surface area contributed by atoms with Gasteiger partial charge in [0.15, 0.2) is 0 Å². The Balaban J connectivity index is 2.40. The van der Waals surface area contributed by atoms with Crippen LogP contribution in [0.3, 0.4) is 0 Å². The highest BCUT2D eigenvalue weighted by molar-refractivity contribution is 7.99. The minimum Gasteiger partial charge on any atom is -0.508 e. The number of rotatable bonds is 7. The summed E-state index contributed by atoms with van der Waals surface area (Å²) >= 11 is 1.82. The molecule has 4 heteroatoms. The van der Waals surface area contributed by atoms with Crippen molar-refractivity contribution in [2.24, 2.45) is 0 Å². The largest absolute Gasteiger partial charge is 0.508 e. The van der Waals surface area contributed by atoms with Crippen molar-refractivity contribution in [2.45, 2.75) is 13.0 Å². The van der Waals surface area contributed by atoms with Gasteiger partial charge in [0, 0.05) is 30.2 Å². The number of benzene rings is 1. The third kappa shape index (κ3) is 5.15. The molecule has 0 aliphatic carbocycles. The second-order valence-electron chi connectivity index (χ2n) is 3.82. The first-order valence-corrected chi connectivity index (χ1v) is 6.74. The van der Waals surface area contributed by atoms with E-state index in [1.807, 2.05) is 24.8 Å². The summed E-state index contributed by atoms with van der Waals surface area (Å²) in [4.78, 5) is 0. The number of hydrogen-bond donors (Lipinski definition) is 3. The Morgan fingerprint density at radius 3 is 2.59 bits per heavy atom. The maximum Gasteiger partial charge on any atom is 0.119 e. The molecule has 1 aromatic carbocycles. The molecule has 3 N–H and O–H groups in total. The van der Waals surface area contributed by atoms with Gasteiger partial charge in [-0.15, -0.1) is 6.58 Å².